The highest BCUT2D eigenvalue weighted by atomic mass is 16.3. The first-order valence-electron chi connectivity index (χ1n) is 4.10. The first kappa shape index (κ1) is 10.3. The number of carbonyl (C=O) groups excluding carboxylic acids is 1. The van der Waals surface area contributed by atoms with Crippen molar-refractivity contribution in [2.24, 2.45) is 16.6 Å². The monoisotopic (exact) mass is 193 g/mol. The SMILES string of the molecule is NC(=O)c1ccc(CC(N)N=O)cc1. The molecule has 0 aliphatic rings. The highest BCUT2D eigenvalue weighted by Crippen LogP contribution is 2.06. The zero-order valence-electron chi connectivity index (χ0n) is 7.51. The van der Waals surface area contributed by atoms with E-state index in [1.807, 2.05) is 0 Å². The maximum atomic E-state index is 10.7. The maximum Gasteiger partial charge on any atom is 0.248 e. The van der Waals surface area contributed by atoms with Crippen LogP contribution in [0.15, 0.2) is 29.4 Å². The van der Waals surface area contributed by atoms with Crippen molar-refractivity contribution >= 4 is 5.91 Å². The van der Waals surface area contributed by atoms with Crippen molar-refractivity contribution in [3.8, 4) is 0 Å². The fourth-order valence-corrected chi connectivity index (χ4v) is 1.08. The topological polar surface area (TPSA) is 98.5 Å². The Labute approximate surface area is 81.1 Å². The standard InChI is InChI=1S/C9H11N3O2/c10-8(12-14)5-6-1-3-7(4-2-6)9(11)13/h1-4,8H,5,10H2,(H2,11,13). The van der Waals surface area contributed by atoms with Gasteiger partial charge in [-0.25, -0.2) is 0 Å². The van der Waals surface area contributed by atoms with E-state index in [4.69, 9.17) is 11.5 Å². The molecule has 1 amide bonds. The number of hydrogen-bond acceptors (Lipinski definition) is 4. The van der Waals surface area contributed by atoms with Gasteiger partial charge in [0.25, 0.3) is 0 Å². The zero-order valence-corrected chi connectivity index (χ0v) is 7.51. The lowest BCUT2D eigenvalue weighted by molar-refractivity contribution is 0.100. The van der Waals surface area contributed by atoms with Crippen LogP contribution in [0.2, 0.25) is 0 Å². The molecular formula is C9H11N3O2. The Morgan fingerprint density at radius 3 is 2.36 bits per heavy atom. The van der Waals surface area contributed by atoms with Crippen LogP contribution in [0.4, 0.5) is 0 Å². The van der Waals surface area contributed by atoms with Crippen LogP contribution in [0.1, 0.15) is 15.9 Å². The molecule has 0 aromatic heterocycles. The Morgan fingerprint density at radius 1 is 1.36 bits per heavy atom. The lowest BCUT2D eigenvalue weighted by Gasteiger charge is -2.03. The van der Waals surface area contributed by atoms with Crippen molar-refractivity contribution in [2.45, 2.75) is 12.6 Å². The summed E-state index contributed by atoms with van der Waals surface area (Å²) in [5.74, 6) is -0.477. The normalized spacial score (nSPS) is 12.1. The summed E-state index contributed by atoms with van der Waals surface area (Å²) < 4.78 is 0. The first-order chi connectivity index (χ1) is 6.63. The zero-order chi connectivity index (χ0) is 10.6. The van der Waals surface area contributed by atoms with Crippen LogP contribution in [0, 0.1) is 4.91 Å². The molecule has 1 unspecified atom stereocenters. The van der Waals surface area contributed by atoms with Crippen LogP contribution in [-0.4, -0.2) is 12.1 Å². The number of nitrogens with two attached hydrogens (primary N) is 2. The molecule has 0 spiro atoms. The molecule has 1 aromatic rings. The van der Waals surface area contributed by atoms with E-state index in [9.17, 15) is 9.70 Å². The molecule has 0 bridgehead atoms. The summed E-state index contributed by atoms with van der Waals surface area (Å²) in [6.45, 7) is 0. The Kier molecular flexibility index (Phi) is 3.30. The van der Waals surface area contributed by atoms with Crippen molar-refractivity contribution in [3.05, 3.63) is 40.3 Å². The molecule has 0 saturated carbocycles. The number of hydrogen-bond donors (Lipinski definition) is 2. The van der Waals surface area contributed by atoms with E-state index in [-0.39, 0.29) is 0 Å². The van der Waals surface area contributed by atoms with Gasteiger partial charge in [0.15, 0.2) is 0 Å². The van der Waals surface area contributed by atoms with Gasteiger partial charge in [-0.15, -0.1) is 4.91 Å². The summed E-state index contributed by atoms with van der Waals surface area (Å²) >= 11 is 0. The molecule has 74 valence electrons. The van der Waals surface area contributed by atoms with Gasteiger partial charge in [0.05, 0.1) is 0 Å². The smallest absolute Gasteiger partial charge is 0.248 e. The van der Waals surface area contributed by atoms with Gasteiger partial charge in [0, 0.05) is 12.0 Å². The largest absolute Gasteiger partial charge is 0.366 e. The number of amides is 1. The Bertz CT molecular complexity index is 334. The van der Waals surface area contributed by atoms with E-state index in [0.717, 1.165) is 5.56 Å². The third-order valence-electron chi connectivity index (χ3n) is 1.82. The van der Waals surface area contributed by atoms with Crippen molar-refractivity contribution in [1.29, 1.82) is 0 Å². The molecular weight excluding hydrogens is 182 g/mol. The number of primary amides is 1. The minimum absolute atomic E-state index is 0.364. The fourth-order valence-electron chi connectivity index (χ4n) is 1.08. The van der Waals surface area contributed by atoms with Gasteiger partial charge in [0.2, 0.25) is 5.91 Å². The number of nitroso groups, excluding NO2 is 1. The van der Waals surface area contributed by atoms with Gasteiger partial charge in [-0.1, -0.05) is 17.3 Å². The molecule has 5 nitrogen and oxygen atoms in total. The molecule has 4 N–H and O–H groups in total. The first-order valence-corrected chi connectivity index (χ1v) is 4.10. The summed E-state index contributed by atoms with van der Waals surface area (Å²) in [5, 5.41) is 2.68. The van der Waals surface area contributed by atoms with Crippen LogP contribution in [0.25, 0.3) is 0 Å². The van der Waals surface area contributed by atoms with E-state index in [1.54, 1.807) is 24.3 Å². The van der Waals surface area contributed by atoms with Crippen LogP contribution < -0.4 is 11.5 Å². The minimum Gasteiger partial charge on any atom is -0.366 e. The molecule has 0 heterocycles. The van der Waals surface area contributed by atoms with Crippen molar-refractivity contribution < 1.29 is 4.79 Å². The third-order valence-corrected chi connectivity index (χ3v) is 1.82. The summed E-state index contributed by atoms with van der Waals surface area (Å²) in [6, 6.07) is 6.58. The maximum absolute atomic E-state index is 10.7. The lowest BCUT2D eigenvalue weighted by atomic mass is 10.1. The number of nitrogens with zero attached hydrogens (tertiary/aromatic N) is 1. The second-order valence-electron chi connectivity index (χ2n) is 2.94. The summed E-state index contributed by atoms with van der Waals surface area (Å²) in [7, 11) is 0. The van der Waals surface area contributed by atoms with Gasteiger partial charge < -0.3 is 11.5 Å². The van der Waals surface area contributed by atoms with E-state index >= 15 is 0 Å². The Hall–Kier alpha value is -1.75. The minimum atomic E-state index is -0.741. The molecule has 0 aliphatic heterocycles. The van der Waals surface area contributed by atoms with Crippen LogP contribution in [-0.2, 0) is 6.42 Å². The molecule has 1 aromatic carbocycles. The average Bonchev–Trinajstić information content (AvgIpc) is 2.18. The molecule has 5 heteroatoms. The van der Waals surface area contributed by atoms with Crippen molar-refractivity contribution in [3.63, 3.8) is 0 Å². The molecule has 14 heavy (non-hydrogen) atoms. The second-order valence-corrected chi connectivity index (χ2v) is 2.94. The van der Waals surface area contributed by atoms with Crippen LogP contribution in [0.3, 0.4) is 0 Å². The van der Waals surface area contributed by atoms with Crippen LogP contribution in [0.5, 0.6) is 0 Å². The lowest BCUT2D eigenvalue weighted by Crippen LogP contribution is -2.19. The molecule has 0 radical (unpaired) electrons. The van der Waals surface area contributed by atoms with Gasteiger partial charge in [-0.2, -0.15) is 0 Å². The average molecular weight is 193 g/mol. The van der Waals surface area contributed by atoms with Crippen molar-refractivity contribution in [2.75, 3.05) is 0 Å². The molecule has 0 fully saturated rings. The molecule has 0 saturated heterocycles. The number of rotatable bonds is 4. The summed E-state index contributed by atoms with van der Waals surface area (Å²) in [5.41, 5.74) is 11.7. The third kappa shape index (κ3) is 2.63. The quantitative estimate of drug-likeness (QED) is 0.676. The van der Waals surface area contributed by atoms with E-state index in [2.05, 4.69) is 5.18 Å². The number of carbonyl (C=O) groups is 1. The Morgan fingerprint density at radius 2 is 1.93 bits per heavy atom. The highest BCUT2D eigenvalue weighted by molar-refractivity contribution is 5.92. The predicted octanol–water partition coefficient (Wildman–Crippen LogP) is 0.379. The summed E-state index contributed by atoms with van der Waals surface area (Å²) in [6.07, 6.45) is -0.378. The predicted molar refractivity (Wildman–Crippen MR) is 52.4 cm³/mol. The van der Waals surface area contributed by atoms with Crippen LogP contribution >= 0.6 is 0 Å². The molecule has 1 rings (SSSR count). The second kappa shape index (κ2) is 4.48. The van der Waals surface area contributed by atoms with Gasteiger partial charge in [-0.05, 0) is 17.7 Å². The van der Waals surface area contributed by atoms with E-state index in [1.165, 1.54) is 0 Å². The van der Waals surface area contributed by atoms with Gasteiger partial charge in [-0.3, -0.25) is 4.79 Å². The number of benzene rings is 1. The molecule has 1 atom stereocenters. The fraction of sp³-hybridized carbons (Fsp3) is 0.222. The summed E-state index contributed by atoms with van der Waals surface area (Å²) in [4.78, 5) is 20.8. The van der Waals surface area contributed by atoms with Gasteiger partial charge in [0.1, 0.15) is 6.17 Å². The highest BCUT2D eigenvalue weighted by Gasteiger charge is 2.04. The Balaban J connectivity index is 2.73. The molecule has 0 aliphatic carbocycles. The van der Waals surface area contributed by atoms with E-state index < -0.39 is 12.1 Å². The van der Waals surface area contributed by atoms with Crippen molar-refractivity contribution in [1.82, 2.24) is 0 Å². The van der Waals surface area contributed by atoms with Gasteiger partial charge >= 0.3 is 0 Å². The van der Waals surface area contributed by atoms with E-state index in [0.29, 0.717) is 12.0 Å².